The van der Waals surface area contributed by atoms with Crippen LogP contribution in [-0.4, -0.2) is 88.7 Å². The molecule has 4 aromatic rings. The lowest BCUT2D eigenvalue weighted by atomic mass is 10.1. The average Bonchev–Trinajstić information content (AvgIpc) is 4.02. The van der Waals surface area contributed by atoms with Gasteiger partial charge >= 0.3 is 12.1 Å². The first-order valence-corrected chi connectivity index (χ1v) is 19.2. The highest BCUT2D eigenvalue weighted by molar-refractivity contribution is 7.98. The van der Waals surface area contributed by atoms with Gasteiger partial charge in [-0.15, -0.1) is 0 Å². The molecule has 15 heteroatoms. The van der Waals surface area contributed by atoms with E-state index in [9.17, 15) is 29.1 Å². The number of carbonyl (C=O) groups excluding carboxylic acids is 3. The van der Waals surface area contributed by atoms with E-state index in [1.165, 1.54) is 11.1 Å². The first-order chi connectivity index (χ1) is 26.0. The summed E-state index contributed by atoms with van der Waals surface area (Å²) in [5, 5.41) is 15.2. The minimum atomic E-state index is -1.35. The van der Waals surface area contributed by atoms with Crippen molar-refractivity contribution < 1.29 is 33.4 Å². The Morgan fingerprint density at radius 3 is 2.33 bits per heavy atom. The SMILES string of the molecule is CSCC[C@H](NC(=O)[C@@H](N)Cc1ccccc1)C(=O)Nc1ccc(COC(=O)N2CCN(c3cc4c(cc3F)c(=O)c(C(=O)O)cn4C3CC3)CC2)cc1. The number of amides is 3. The molecular weight excluding hydrogens is 716 g/mol. The Kier molecular flexibility index (Phi) is 12.2. The van der Waals surface area contributed by atoms with Crippen LogP contribution >= 0.6 is 11.8 Å². The number of pyridine rings is 1. The van der Waals surface area contributed by atoms with Crippen LogP contribution in [0.25, 0.3) is 10.9 Å². The van der Waals surface area contributed by atoms with Crippen molar-refractivity contribution in [2.45, 2.75) is 50.4 Å². The number of nitrogens with two attached hydrogens (primary N) is 1. The van der Waals surface area contributed by atoms with Crippen LogP contribution in [0.15, 0.2) is 77.7 Å². The number of hydrogen-bond donors (Lipinski definition) is 4. The van der Waals surface area contributed by atoms with Crippen molar-refractivity contribution in [1.29, 1.82) is 0 Å². The van der Waals surface area contributed by atoms with Gasteiger partial charge in [0.05, 0.1) is 17.2 Å². The van der Waals surface area contributed by atoms with Crippen LogP contribution < -0.4 is 26.7 Å². The molecule has 5 N–H and O–H groups in total. The molecule has 1 aliphatic heterocycles. The number of nitrogens with zero attached hydrogens (tertiary/aromatic N) is 3. The number of aromatic carboxylic acids is 1. The Balaban J connectivity index is 0.999. The fraction of sp³-hybridized carbons (Fsp3) is 0.359. The van der Waals surface area contributed by atoms with E-state index in [1.807, 2.05) is 36.6 Å². The van der Waals surface area contributed by atoms with Crippen molar-refractivity contribution in [2.24, 2.45) is 5.73 Å². The molecule has 284 valence electrons. The van der Waals surface area contributed by atoms with Crippen LogP contribution in [0.5, 0.6) is 0 Å². The second-order valence-corrected chi connectivity index (χ2v) is 14.5. The molecule has 1 saturated heterocycles. The van der Waals surface area contributed by atoms with Crippen molar-refractivity contribution in [2.75, 3.05) is 48.4 Å². The van der Waals surface area contributed by atoms with Crippen LogP contribution in [0, 0.1) is 5.82 Å². The smallest absolute Gasteiger partial charge is 0.410 e. The molecule has 2 fully saturated rings. The molecule has 2 atom stereocenters. The Morgan fingerprint density at radius 2 is 1.69 bits per heavy atom. The lowest BCUT2D eigenvalue weighted by molar-refractivity contribution is -0.127. The van der Waals surface area contributed by atoms with E-state index in [0.29, 0.717) is 48.5 Å². The van der Waals surface area contributed by atoms with Crippen molar-refractivity contribution in [3.8, 4) is 0 Å². The van der Waals surface area contributed by atoms with Gasteiger partial charge in [0.25, 0.3) is 0 Å². The summed E-state index contributed by atoms with van der Waals surface area (Å²) in [6.45, 7) is 1.20. The van der Waals surface area contributed by atoms with Gasteiger partial charge in [-0.2, -0.15) is 11.8 Å². The van der Waals surface area contributed by atoms with E-state index in [-0.39, 0.29) is 48.3 Å². The predicted molar refractivity (Wildman–Crippen MR) is 205 cm³/mol. The summed E-state index contributed by atoms with van der Waals surface area (Å²) in [6, 6.07) is 17.5. The molecule has 1 aliphatic carbocycles. The molecule has 3 amide bonds. The van der Waals surface area contributed by atoms with Gasteiger partial charge in [-0.3, -0.25) is 14.4 Å². The summed E-state index contributed by atoms with van der Waals surface area (Å²) in [5.74, 6) is -2.09. The number of ether oxygens (including phenoxy) is 1. The van der Waals surface area contributed by atoms with E-state index >= 15 is 4.39 Å². The highest BCUT2D eigenvalue weighted by Crippen LogP contribution is 2.38. The number of halogens is 1. The fourth-order valence-corrected chi connectivity index (χ4v) is 6.90. The summed E-state index contributed by atoms with van der Waals surface area (Å²) in [4.78, 5) is 66.8. The number of nitrogens with one attached hydrogen (secondary N) is 2. The number of carboxylic acids is 1. The third-order valence-corrected chi connectivity index (χ3v) is 10.3. The molecule has 0 bridgehead atoms. The summed E-state index contributed by atoms with van der Waals surface area (Å²) < 4.78 is 22.7. The standard InChI is InChI=1S/C39H43FN6O7S/c1-54-18-13-32(43-36(48)31(41)19-24-5-3-2-4-6-24)37(49)42-26-9-7-25(8-10-26)23-53-39(52)45-16-14-44(15-17-45)34-21-33-28(20-30(34)40)35(47)29(38(50)51)22-46(33)27-11-12-27/h2-10,20-22,27,31-32H,11-19,23,41H2,1H3,(H,42,49)(H,43,48)(H,50,51)/t31-,32-/m0/s1. The Labute approximate surface area is 315 Å². The largest absolute Gasteiger partial charge is 0.477 e. The van der Waals surface area contributed by atoms with Crippen LogP contribution in [0.4, 0.5) is 20.6 Å². The normalized spacial score (nSPS) is 15.4. The van der Waals surface area contributed by atoms with Crippen molar-refractivity contribution in [3.05, 3.63) is 106 Å². The minimum absolute atomic E-state index is 0.00465. The van der Waals surface area contributed by atoms with Crippen molar-refractivity contribution in [1.82, 2.24) is 14.8 Å². The third-order valence-electron chi connectivity index (χ3n) is 9.61. The second-order valence-electron chi connectivity index (χ2n) is 13.5. The molecule has 13 nitrogen and oxygen atoms in total. The van der Waals surface area contributed by atoms with Crippen molar-refractivity contribution in [3.63, 3.8) is 0 Å². The Hall–Kier alpha value is -5.41. The first kappa shape index (κ1) is 38.3. The highest BCUT2D eigenvalue weighted by atomic mass is 32.2. The molecular formula is C39H43FN6O7S. The van der Waals surface area contributed by atoms with Gasteiger partial charge < -0.3 is 40.6 Å². The van der Waals surface area contributed by atoms with Crippen LogP contribution in [0.2, 0.25) is 0 Å². The summed E-state index contributed by atoms with van der Waals surface area (Å²) in [6.07, 6.45) is 5.21. The second kappa shape index (κ2) is 17.2. The number of benzene rings is 3. The van der Waals surface area contributed by atoms with Crippen LogP contribution in [0.1, 0.15) is 46.8 Å². The minimum Gasteiger partial charge on any atom is -0.477 e. The predicted octanol–water partition coefficient (Wildman–Crippen LogP) is 4.38. The number of thioether (sulfide) groups is 1. The lowest BCUT2D eigenvalue weighted by Crippen LogP contribution is -2.50. The maximum Gasteiger partial charge on any atom is 0.410 e. The summed E-state index contributed by atoms with van der Waals surface area (Å²) in [7, 11) is 0. The van der Waals surface area contributed by atoms with Crippen molar-refractivity contribution >= 4 is 57.9 Å². The van der Waals surface area contributed by atoms with E-state index in [0.717, 1.165) is 24.5 Å². The zero-order valence-electron chi connectivity index (χ0n) is 29.8. The number of piperazine rings is 1. The molecule has 3 aromatic carbocycles. The molecule has 0 spiro atoms. The summed E-state index contributed by atoms with van der Waals surface area (Å²) >= 11 is 1.57. The van der Waals surface area contributed by atoms with E-state index < -0.39 is 41.3 Å². The third kappa shape index (κ3) is 9.20. The molecule has 1 saturated carbocycles. The Morgan fingerprint density at radius 1 is 0.981 bits per heavy atom. The molecule has 0 radical (unpaired) electrons. The monoisotopic (exact) mass is 758 g/mol. The van der Waals surface area contributed by atoms with Gasteiger partial charge in [-0.05, 0) is 73.1 Å². The molecule has 2 aliphatic rings. The van der Waals surface area contributed by atoms with Gasteiger partial charge in [0, 0.05) is 49.5 Å². The molecule has 6 rings (SSSR count). The average molecular weight is 759 g/mol. The van der Waals surface area contributed by atoms with E-state index in [2.05, 4.69) is 10.6 Å². The van der Waals surface area contributed by atoms with Gasteiger partial charge in [0.1, 0.15) is 24.0 Å². The molecule has 54 heavy (non-hydrogen) atoms. The number of carbonyl (C=O) groups is 4. The topological polar surface area (TPSA) is 176 Å². The van der Waals surface area contributed by atoms with E-state index in [1.54, 1.807) is 51.6 Å². The summed E-state index contributed by atoms with van der Waals surface area (Å²) in [5.41, 5.74) is 7.95. The van der Waals surface area contributed by atoms with Gasteiger partial charge in [0.15, 0.2) is 0 Å². The van der Waals surface area contributed by atoms with Gasteiger partial charge in [-0.1, -0.05) is 42.5 Å². The van der Waals surface area contributed by atoms with Gasteiger partial charge in [0.2, 0.25) is 17.2 Å². The molecule has 1 aromatic heterocycles. The zero-order valence-corrected chi connectivity index (χ0v) is 30.6. The number of fused-ring (bicyclic) bond motifs is 1. The van der Waals surface area contributed by atoms with Crippen LogP contribution in [0.3, 0.4) is 0 Å². The van der Waals surface area contributed by atoms with Crippen LogP contribution in [-0.2, 0) is 27.4 Å². The lowest BCUT2D eigenvalue weighted by Gasteiger charge is -2.35. The maximum absolute atomic E-state index is 15.4. The molecule has 2 heterocycles. The number of aromatic nitrogens is 1. The quantitative estimate of drug-likeness (QED) is 0.144. The first-order valence-electron chi connectivity index (χ1n) is 17.8. The fourth-order valence-electron chi connectivity index (χ4n) is 6.43. The number of anilines is 2. The maximum atomic E-state index is 15.4. The number of rotatable bonds is 14. The highest BCUT2D eigenvalue weighted by Gasteiger charge is 2.30. The van der Waals surface area contributed by atoms with E-state index in [4.69, 9.17) is 10.5 Å². The Bertz CT molecular complexity index is 2070. The molecule has 0 unspecified atom stereocenters. The number of carboxylic acid groups (broad SMARTS) is 1. The zero-order chi connectivity index (χ0) is 38.4. The van der Waals surface area contributed by atoms with Gasteiger partial charge in [-0.25, -0.2) is 14.0 Å². The number of hydrogen-bond acceptors (Lipinski definition) is 9.